The molecule has 98 valence electrons. The third-order valence-corrected chi connectivity index (χ3v) is 4.37. The molecular formula is C13H22O4. The fourth-order valence-corrected chi connectivity index (χ4v) is 3.59. The predicted molar refractivity (Wildman–Crippen MR) is 61.4 cm³/mol. The van der Waals surface area contributed by atoms with Gasteiger partial charge in [-0.15, -0.1) is 0 Å². The molecule has 4 heteroatoms. The van der Waals surface area contributed by atoms with E-state index in [1.54, 1.807) is 6.92 Å². The van der Waals surface area contributed by atoms with Gasteiger partial charge >= 0.3 is 0 Å². The molecule has 1 heterocycles. The number of hydrogen-bond acceptors (Lipinski definition) is 4. The van der Waals surface area contributed by atoms with Gasteiger partial charge < -0.3 is 19.7 Å². The zero-order chi connectivity index (χ0) is 12.1. The van der Waals surface area contributed by atoms with Gasteiger partial charge in [0.05, 0.1) is 17.8 Å². The molecule has 1 saturated heterocycles. The van der Waals surface area contributed by atoms with Crippen LogP contribution in [-0.2, 0) is 9.47 Å². The van der Waals surface area contributed by atoms with Crippen LogP contribution in [0.2, 0.25) is 0 Å². The van der Waals surface area contributed by atoms with E-state index in [1.807, 2.05) is 0 Å². The second kappa shape index (κ2) is 3.92. The van der Waals surface area contributed by atoms with Gasteiger partial charge in [0.25, 0.3) is 0 Å². The Morgan fingerprint density at radius 1 is 1.06 bits per heavy atom. The number of rotatable bonds is 0. The van der Waals surface area contributed by atoms with E-state index in [2.05, 4.69) is 0 Å². The minimum absolute atomic E-state index is 0.146. The maximum absolute atomic E-state index is 10.1. The highest BCUT2D eigenvalue weighted by Gasteiger charge is 2.55. The van der Waals surface area contributed by atoms with Gasteiger partial charge in [-0.05, 0) is 19.8 Å². The van der Waals surface area contributed by atoms with E-state index in [4.69, 9.17) is 9.47 Å². The first kappa shape index (κ1) is 11.9. The Morgan fingerprint density at radius 2 is 1.76 bits per heavy atom. The highest BCUT2D eigenvalue weighted by atomic mass is 16.8. The van der Waals surface area contributed by atoms with Crippen molar-refractivity contribution < 1.29 is 19.7 Å². The van der Waals surface area contributed by atoms with Gasteiger partial charge in [0.1, 0.15) is 6.10 Å². The van der Waals surface area contributed by atoms with Crippen LogP contribution in [0.15, 0.2) is 0 Å². The van der Waals surface area contributed by atoms with Crippen LogP contribution in [0.5, 0.6) is 0 Å². The van der Waals surface area contributed by atoms with Crippen molar-refractivity contribution >= 4 is 0 Å². The van der Waals surface area contributed by atoms with Crippen molar-refractivity contribution in [3.8, 4) is 0 Å². The zero-order valence-electron chi connectivity index (χ0n) is 10.4. The second-order valence-electron chi connectivity index (χ2n) is 6.18. The highest BCUT2D eigenvalue weighted by Crippen LogP contribution is 2.46. The minimum atomic E-state index is -0.829. The molecule has 0 aromatic rings. The lowest BCUT2D eigenvalue weighted by Gasteiger charge is -2.37. The van der Waals surface area contributed by atoms with Crippen LogP contribution in [0.25, 0.3) is 0 Å². The lowest BCUT2D eigenvalue weighted by Crippen LogP contribution is -2.49. The molecule has 0 radical (unpaired) electrons. The van der Waals surface area contributed by atoms with Crippen LogP contribution in [0.3, 0.4) is 0 Å². The van der Waals surface area contributed by atoms with E-state index in [1.165, 1.54) is 6.42 Å². The van der Waals surface area contributed by atoms with Crippen LogP contribution in [-0.4, -0.2) is 39.9 Å². The third kappa shape index (κ3) is 2.12. The smallest absolute Gasteiger partial charge is 0.169 e. The van der Waals surface area contributed by atoms with Crippen molar-refractivity contribution in [3.63, 3.8) is 0 Å². The van der Waals surface area contributed by atoms with Crippen LogP contribution < -0.4 is 0 Å². The lowest BCUT2D eigenvalue weighted by molar-refractivity contribution is -0.198. The molecule has 17 heavy (non-hydrogen) atoms. The average Bonchev–Trinajstić information content (AvgIpc) is 2.56. The predicted octanol–water partition coefficient (Wildman–Crippen LogP) is 1.34. The molecule has 2 N–H and O–H groups in total. The Bertz CT molecular complexity index is 296. The number of hydrogen-bond donors (Lipinski definition) is 2. The maximum Gasteiger partial charge on any atom is 0.169 e. The molecule has 1 aliphatic heterocycles. The Balaban J connectivity index is 1.76. The summed E-state index contributed by atoms with van der Waals surface area (Å²) in [6.07, 6.45) is 5.31. The van der Waals surface area contributed by atoms with Gasteiger partial charge in [0, 0.05) is 25.7 Å². The van der Waals surface area contributed by atoms with Gasteiger partial charge in [-0.1, -0.05) is 6.42 Å². The average molecular weight is 242 g/mol. The Morgan fingerprint density at radius 3 is 2.47 bits per heavy atom. The summed E-state index contributed by atoms with van der Waals surface area (Å²) in [6.45, 7) is 1.77. The van der Waals surface area contributed by atoms with Crippen LogP contribution in [0.4, 0.5) is 0 Å². The molecule has 3 fully saturated rings. The quantitative estimate of drug-likeness (QED) is 0.673. The molecule has 3 aliphatic rings. The summed E-state index contributed by atoms with van der Waals surface area (Å²) in [4.78, 5) is 0. The molecule has 4 atom stereocenters. The number of aliphatic hydroxyl groups excluding tert-OH is 1. The van der Waals surface area contributed by atoms with Crippen LogP contribution in [0, 0.1) is 0 Å². The SMILES string of the molecule is C[C@@]1(O)C[C@@H](O)[C@@H]2OC3(CCCCC3)O[C@@H]2C1. The summed E-state index contributed by atoms with van der Waals surface area (Å²) in [5, 5.41) is 20.1. The van der Waals surface area contributed by atoms with Gasteiger partial charge in [-0.2, -0.15) is 0 Å². The van der Waals surface area contributed by atoms with Gasteiger partial charge in [-0.3, -0.25) is 0 Å². The number of fused-ring (bicyclic) bond motifs is 1. The molecule has 3 rings (SSSR count). The van der Waals surface area contributed by atoms with Crippen molar-refractivity contribution in [3.05, 3.63) is 0 Å². The first-order chi connectivity index (χ1) is 8.00. The summed E-state index contributed by atoms with van der Waals surface area (Å²) in [5.74, 6) is -0.463. The highest BCUT2D eigenvalue weighted by molar-refractivity contribution is 5.00. The van der Waals surface area contributed by atoms with Crippen LogP contribution in [0.1, 0.15) is 51.9 Å². The molecule has 2 aliphatic carbocycles. The normalized spacial score (nSPS) is 49.2. The molecule has 2 saturated carbocycles. The van der Waals surface area contributed by atoms with Crippen molar-refractivity contribution in [1.82, 2.24) is 0 Å². The molecule has 1 spiro atoms. The van der Waals surface area contributed by atoms with E-state index < -0.39 is 17.5 Å². The Hall–Kier alpha value is -0.160. The Kier molecular flexibility index (Phi) is 2.74. The van der Waals surface area contributed by atoms with Gasteiger partial charge in [-0.25, -0.2) is 0 Å². The molecule has 0 amide bonds. The summed E-state index contributed by atoms with van der Waals surface area (Å²) in [7, 11) is 0. The Labute approximate surface area is 102 Å². The van der Waals surface area contributed by atoms with Crippen molar-refractivity contribution in [1.29, 1.82) is 0 Å². The van der Waals surface area contributed by atoms with Crippen molar-refractivity contribution in [2.75, 3.05) is 0 Å². The molecule has 0 unspecified atom stereocenters. The number of aliphatic hydroxyl groups is 2. The van der Waals surface area contributed by atoms with E-state index in [0.717, 1.165) is 25.7 Å². The summed E-state index contributed by atoms with van der Waals surface area (Å²) >= 11 is 0. The first-order valence-electron chi connectivity index (χ1n) is 6.76. The molecule has 0 bridgehead atoms. The lowest BCUT2D eigenvalue weighted by atomic mass is 9.81. The summed E-state index contributed by atoms with van der Waals surface area (Å²) in [6, 6.07) is 0. The van der Waals surface area contributed by atoms with Gasteiger partial charge in [0.15, 0.2) is 5.79 Å². The summed E-state index contributed by atoms with van der Waals surface area (Å²) in [5.41, 5.74) is -0.829. The fraction of sp³-hybridized carbons (Fsp3) is 1.00. The van der Waals surface area contributed by atoms with Gasteiger partial charge in [0.2, 0.25) is 0 Å². The third-order valence-electron chi connectivity index (χ3n) is 4.37. The molecule has 0 aromatic heterocycles. The van der Waals surface area contributed by atoms with E-state index in [0.29, 0.717) is 12.8 Å². The maximum atomic E-state index is 10.1. The summed E-state index contributed by atoms with van der Waals surface area (Å²) < 4.78 is 12.1. The molecule has 0 aromatic carbocycles. The monoisotopic (exact) mass is 242 g/mol. The number of ether oxygens (including phenoxy) is 2. The standard InChI is InChI=1S/C13H22O4/c1-12(15)7-9(14)11-10(8-12)16-13(17-11)5-3-2-4-6-13/h9-11,14-15H,2-8H2,1H3/t9-,10-,11+,12-/m1/s1. The van der Waals surface area contributed by atoms with E-state index in [9.17, 15) is 10.2 Å². The topological polar surface area (TPSA) is 58.9 Å². The fourth-order valence-electron chi connectivity index (χ4n) is 3.59. The zero-order valence-corrected chi connectivity index (χ0v) is 10.4. The van der Waals surface area contributed by atoms with E-state index in [-0.39, 0.29) is 12.2 Å². The van der Waals surface area contributed by atoms with Crippen LogP contribution >= 0.6 is 0 Å². The molecule has 4 nitrogen and oxygen atoms in total. The minimum Gasteiger partial charge on any atom is -0.390 e. The van der Waals surface area contributed by atoms with E-state index >= 15 is 0 Å². The first-order valence-corrected chi connectivity index (χ1v) is 6.76. The van der Waals surface area contributed by atoms with Crippen molar-refractivity contribution in [2.45, 2.75) is 81.6 Å². The largest absolute Gasteiger partial charge is 0.390 e. The molecular weight excluding hydrogens is 220 g/mol. The van der Waals surface area contributed by atoms with Crippen molar-refractivity contribution in [2.24, 2.45) is 0 Å². The second-order valence-corrected chi connectivity index (χ2v) is 6.18.